The summed E-state index contributed by atoms with van der Waals surface area (Å²) in [5.41, 5.74) is 8.05. The molecule has 106 valence electrons. The first kappa shape index (κ1) is 13.5. The van der Waals surface area contributed by atoms with Gasteiger partial charge in [-0.2, -0.15) is 0 Å². The minimum atomic E-state index is 0.111. The fourth-order valence-corrected chi connectivity index (χ4v) is 2.43. The van der Waals surface area contributed by atoms with Crippen LogP contribution in [0.15, 0.2) is 42.5 Å². The molecule has 4 N–H and O–H groups in total. The van der Waals surface area contributed by atoms with Gasteiger partial charge in [0.05, 0.1) is 5.69 Å². The van der Waals surface area contributed by atoms with Crippen molar-refractivity contribution in [3.05, 3.63) is 53.2 Å². The number of hydrogen-bond donors (Lipinski definition) is 3. The number of anilines is 3. The molecule has 0 aliphatic carbocycles. The Hall–Kier alpha value is -2.46. The van der Waals surface area contributed by atoms with Gasteiger partial charge in [0.1, 0.15) is 11.6 Å². The highest BCUT2D eigenvalue weighted by Crippen LogP contribution is 2.33. The summed E-state index contributed by atoms with van der Waals surface area (Å²) in [7, 11) is 0. The Morgan fingerprint density at radius 2 is 1.95 bits per heavy atom. The topological polar surface area (TPSA) is 71.2 Å². The standard InChI is InChI=1S/C16H14ClN3O/c1-9-7-12-11(3-2-4-13(12)18)16(19-9)20-14-8-10(17)5-6-15(14)21/h2-8,21H,18H2,1H3,(H,19,20). The second-order valence-corrected chi connectivity index (χ2v) is 5.28. The Kier molecular flexibility index (Phi) is 3.31. The first-order valence-corrected chi connectivity index (χ1v) is 6.84. The van der Waals surface area contributed by atoms with Crippen molar-refractivity contribution in [3.8, 4) is 5.75 Å². The van der Waals surface area contributed by atoms with Gasteiger partial charge in [-0.15, -0.1) is 0 Å². The molecule has 0 radical (unpaired) electrons. The van der Waals surface area contributed by atoms with Crippen molar-refractivity contribution >= 4 is 39.6 Å². The first-order valence-electron chi connectivity index (χ1n) is 6.46. The molecule has 0 saturated heterocycles. The molecule has 3 rings (SSSR count). The quantitative estimate of drug-likeness (QED) is 0.489. The predicted molar refractivity (Wildman–Crippen MR) is 87.3 cm³/mol. The lowest BCUT2D eigenvalue weighted by molar-refractivity contribution is 0.478. The number of nitrogens with two attached hydrogens (primary N) is 1. The van der Waals surface area contributed by atoms with Gasteiger partial charge >= 0.3 is 0 Å². The number of nitrogens with zero attached hydrogens (tertiary/aromatic N) is 1. The average molecular weight is 300 g/mol. The number of aromatic nitrogens is 1. The Morgan fingerprint density at radius 3 is 2.76 bits per heavy atom. The van der Waals surface area contributed by atoms with E-state index in [0.717, 1.165) is 16.5 Å². The summed E-state index contributed by atoms with van der Waals surface area (Å²) in [4.78, 5) is 4.49. The number of halogens is 1. The van der Waals surface area contributed by atoms with E-state index in [0.29, 0.717) is 22.2 Å². The van der Waals surface area contributed by atoms with Crippen molar-refractivity contribution in [2.24, 2.45) is 0 Å². The van der Waals surface area contributed by atoms with Crippen LogP contribution in [0.25, 0.3) is 10.8 Å². The number of fused-ring (bicyclic) bond motifs is 1. The molecule has 0 atom stereocenters. The van der Waals surface area contributed by atoms with Crippen LogP contribution in [0.1, 0.15) is 5.69 Å². The van der Waals surface area contributed by atoms with Gasteiger partial charge in [0, 0.05) is 27.2 Å². The van der Waals surface area contributed by atoms with E-state index in [4.69, 9.17) is 17.3 Å². The summed E-state index contributed by atoms with van der Waals surface area (Å²) in [6, 6.07) is 12.4. The molecule has 0 bridgehead atoms. The van der Waals surface area contributed by atoms with E-state index in [9.17, 15) is 5.11 Å². The molecular formula is C16H14ClN3O. The molecule has 0 aliphatic heterocycles. The van der Waals surface area contributed by atoms with E-state index in [-0.39, 0.29) is 5.75 Å². The van der Waals surface area contributed by atoms with Crippen molar-refractivity contribution < 1.29 is 5.11 Å². The lowest BCUT2D eigenvalue weighted by Crippen LogP contribution is -1.98. The van der Waals surface area contributed by atoms with E-state index in [1.54, 1.807) is 12.1 Å². The second-order valence-electron chi connectivity index (χ2n) is 4.84. The fourth-order valence-electron chi connectivity index (χ4n) is 2.26. The van der Waals surface area contributed by atoms with E-state index in [1.165, 1.54) is 6.07 Å². The van der Waals surface area contributed by atoms with Crippen LogP contribution >= 0.6 is 11.6 Å². The zero-order valence-corrected chi connectivity index (χ0v) is 12.1. The summed E-state index contributed by atoms with van der Waals surface area (Å²) in [6.45, 7) is 1.90. The van der Waals surface area contributed by atoms with Crippen LogP contribution in [0.5, 0.6) is 5.75 Å². The fraction of sp³-hybridized carbons (Fsp3) is 0.0625. The largest absolute Gasteiger partial charge is 0.506 e. The summed E-state index contributed by atoms with van der Waals surface area (Å²) in [5, 5.41) is 15.4. The maximum atomic E-state index is 9.92. The molecular weight excluding hydrogens is 286 g/mol. The van der Waals surface area contributed by atoms with Gasteiger partial charge < -0.3 is 16.2 Å². The van der Waals surface area contributed by atoms with Crippen LogP contribution in [-0.4, -0.2) is 10.1 Å². The molecule has 0 unspecified atom stereocenters. The molecule has 0 fully saturated rings. The number of aryl methyl sites for hydroxylation is 1. The van der Waals surface area contributed by atoms with Crippen LogP contribution in [0, 0.1) is 6.92 Å². The number of nitrogens with one attached hydrogen (secondary N) is 1. The molecule has 3 aromatic rings. The zero-order chi connectivity index (χ0) is 15.0. The smallest absolute Gasteiger partial charge is 0.139 e. The molecule has 4 nitrogen and oxygen atoms in total. The minimum absolute atomic E-state index is 0.111. The molecule has 1 heterocycles. The van der Waals surface area contributed by atoms with E-state index in [2.05, 4.69) is 10.3 Å². The van der Waals surface area contributed by atoms with Crippen LogP contribution in [0.3, 0.4) is 0 Å². The third-order valence-electron chi connectivity index (χ3n) is 3.25. The first-order chi connectivity index (χ1) is 10.0. The lowest BCUT2D eigenvalue weighted by atomic mass is 10.1. The van der Waals surface area contributed by atoms with Crippen molar-refractivity contribution in [1.29, 1.82) is 0 Å². The zero-order valence-electron chi connectivity index (χ0n) is 11.4. The van der Waals surface area contributed by atoms with Gasteiger partial charge in [0.15, 0.2) is 0 Å². The summed E-state index contributed by atoms with van der Waals surface area (Å²) < 4.78 is 0. The minimum Gasteiger partial charge on any atom is -0.506 e. The Labute approximate surface area is 127 Å². The number of phenols is 1. The Balaban J connectivity index is 2.16. The summed E-state index contributed by atoms with van der Waals surface area (Å²) in [6.07, 6.45) is 0. The molecule has 5 heteroatoms. The SMILES string of the molecule is Cc1cc2c(N)cccc2c(Nc2cc(Cl)ccc2O)n1. The van der Waals surface area contributed by atoms with Gasteiger partial charge in [-0.05, 0) is 37.3 Å². The van der Waals surface area contributed by atoms with Gasteiger partial charge in [0.25, 0.3) is 0 Å². The van der Waals surface area contributed by atoms with Crippen LogP contribution in [0.4, 0.5) is 17.2 Å². The highest BCUT2D eigenvalue weighted by Gasteiger charge is 2.09. The molecule has 0 aliphatic rings. The van der Waals surface area contributed by atoms with E-state index in [1.807, 2.05) is 31.2 Å². The van der Waals surface area contributed by atoms with Crippen molar-refractivity contribution in [3.63, 3.8) is 0 Å². The summed E-state index contributed by atoms with van der Waals surface area (Å²) >= 11 is 5.97. The van der Waals surface area contributed by atoms with Crippen molar-refractivity contribution in [2.75, 3.05) is 11.1 Å². The Morgan fingerprint density at radius 1 is 1.14 bits per heavy atom. The monoisotopic (exact) mass is 299 g/mol. The lowest BCUT2D eigenvalue weighted by Gasteiger charge is -2.12. The van der Waals surface area contributed by atoms with Gasteiger partial charge in [-0.3, -0.25) is 0 Å². The molecule has 0 spiro atoms. The third-order valence-corrected chi connectivity index (χ3v) is 3.48. The summed E-state index contributed by atoms with van der Waals surface area (Å²) in [5.74, 6) is 0.745. The normalized spacial score (nSPS) is 10.8. The van der Waals surface area contributed by atoms with Gasteiger partial charge in [-0.25, -0.2) is 4.98 Å². The number of aromatic hydroxyl groups is 1. The number of nitrogen functional groups attached to an aromatic ring is 1. The highest BCUT2D eigenvalue weighted by molar-refractivity contribution is 6.31. The maximum absolute atomic E-state index is 9.92. The number of phenolic OH excluding ortho intramolecular Hbond substituents is 1. The maximum Gasteiger partial charge on any atom is 0.139 e. The van der Waals surface area contributed by atoms with Crippen LogP contribution in [-0.2, 0) is 0 Å². The number of rotatable bonds is 2. The average Bonchev–Trinajstić information content (AvgIpc) is 2.44. The highest BCUT2D eigenvalue weighted by atomic mass is 35.5. The van der Waals surface area contributed by atoms with Crippen LogP contribution in [0.2, 0.25) is 5.02 Å². The predicted octanol–water partition coefficient (Wildman–Crippen LogP) is 4.23. The third kappa shape index (κ3) is 2.58. The van der Waals surface area contributed by atoms with E-state index < -0.39 is 0 Å². The van der Waals surface area contributed by atoms with Crippen LogP contribution < -0.4 is 11.1 Å². The van der Waals surface area contributed by atoms with Crippen molar-refractivity contribution in [2.45, 2.75) is 6.92 Å². The van der Waals surface area contributed by atoms with Crippen molar-refractivity contribution in [1.82, 2.24) is 4.98 Å². The number of benzene rings is 2. The van der Waals surface area contributed by atoms with Gasteiger partial charge in [-0.1, -0.05) is 23.7 Å². The van der Waals surface area contributed by atoms with E-state index >= 15 is 0 Å². The molecule has 0 amide bonds. The van der Waals surface area contributed by atoms with Gasteiger partial charge in [0.2, 0.25) is 0 Å². The molecule has 21 heavy (non-hydrogen) atoms. The second kappa shape index (κ2) is 5.14. The molecule has 0 saturated carbocycles. The molecule has 2 aromatic carbocycles. The number of hydrogen-bond acceptors (Lipinski definition) is 4. The Bertz CT molecular complexity index is 833. The molecule has 1 aromatic heterocycles. The number of pyridine rings is 1.